The first-order valence-corrected chi connectivity index (χ1v) is 7.94. The lowest BCUT2D eigenvalue weighted by Gasteiger charge is -2.11. The van der Waals surface area contributed by atoms with Gasteiger partial charge in [0.25, 0.3) is 0 Å². The monoisotopic (exact) mass is 469 g/mol. The first-order chi connectivity index (χ1) is 9.69. The maximum atomic E-state index is 13.6. The Morgan fingerprint density at radius 1 is 1.38 bits per heavy atom. The van der Waals surface area contributed by atoms with Crippen LogP contribution < -0.4 is 10.6 Å². The van der Waals surface area contributed by atoms with E-state index in [0.717, 1.165) is 29.4 Å². The van der Waals surface area contributed by atoms with Crippen LogP contribution in [0.15, 0.2) is 27.7 Å². The summed E-state index contributed by atoms with van der Waals surface area (Å²) in [7, 11) is 0. The van der Waals surface area contributed by atoms with Crippen LogP contribution in [-0.4, -0.2) is 25.6 Å². The van der Waals surface area contributed by atoms with Crippen molar-refractivity contribution in [2.75, 3.05) is 19.6 Å². The van der Waals surface area contributed by atoms with Crippen molar-refractivity contribution in [3.8, 4) is 0 Å². The number of aliphatic imine (C=N–C) groups is 1. The fourth-order valence-corrected chi connectivity index (χ4v) is 2.32. The molecule has 1 aliphatic carbocycles. The molecule has 0 aromatic heterocycles. The highest BCUT2D eigenvalue weighted by molar-refractivity contribution is 14.0. The molecule has 0 spiro atoms. The van der Waals surface area contributed by atoms with Crippen molar-refractivity contribution < 1.29 is 4.39 Å². The van der Waals surface area contributed by atoms with Crippen LogP contribution in [-0.2, 0) is 6.42 Å². The molecule has 1 fully saturated rings. The summed E-state index contributed by atoms with van der Waals surface area (Å²) in [5.74, 6) is 1.44. The first-order valence-electron chi connectivity index (χ1n) is 7.15. The molecule has 0 heterocycles. The molecule has 0 saturated heterocycles. The van der Waals surface area contributed by atoms with Gasteiger partial charge in [-0.3, -0.25) is 4.99 Å². The van der Waals surface area contributed by atoms with Crippen LogP contribution in [0.4, 0.5) is 4.39 Å². The molecule has 6 heteroatoms. The minimum absolute atomic E-state index is 0. The summed E-state index contributed by atoms with van der Waals surface area (Å²) in [4.78, 5) is 4.54. The third-order valence-electron chi connectivity index (χ3n) is 3.24. The van der Waals surface area contributed by atoms with E-state index in [9.17, 15) is 4.39 Å². The van der Waals surface area contributed by atoms with Gasteiger partial charge >= 0.3 is 0 Å². The van der Waals surface area contributed by atoms with Gasteiger partial charge in [0.05, 0.1) is 0 Å². The molecule has 118 valence electrons. The van der Waals surface area contributed by atoms with E-state index in [0.29, 0.717) is 18.5 Å². The highest BCUT2D eigenvalue weighted by atomic mass is 127. The molecule has 3 nitrogen and oxygen atoms in total. The zero-order valence-electron chi connectivity index (χ0n) is 12.2. The lowest BCUT2D eigenvalue weighted by atomic mass is 10.1. The highest BCUT2D eigenvalue weighted by Gasteiger charge is 2.20. The molecule has 0 aliphatic heterocycles. The standard InChI is InChI=1S/C15H21BrFN3.HI/c1-2-18-15(20-10-11-3-4-11)19-8-7-12-9-13(16)5-6-14(12)17;/h5-6,9,11H,2-4,7-8,10H2,1H3,(H2,18,19,20);1H. The molecular weight excluding hydrogens is 448 g/mol. The second kappa shape index (κ2) is 9.61. The summed E-state index contributed by atoms with van der Waals surface area (Å²) in [5.41, 5.74) is 0.713. The largest absolute Gasteiger partial charge is 0.357 e. The predicted octanol–water partition coefficient (Wildman–Crippen LogP) is 3.71. The van der Waals surface area contributed by atoms with Crippen LogP contribution >= 0.6 is 39.9 Å². The molecule has 0 amide bonds. The van der Waals surface area contributed by atoms with E-state index in [-0.39, 0.29) is 29.8 Å². The summed E-state index contributed by atoms with van der Waals surface area (Å²) < 4.78 is 14.5. The van der Waals surface area contributed by atoms with E-state index in [1.807, 2.05) is 13.0 Å². The third kappa shape index (κ3) is 6.95. The zero-order valence-corrected chi connectivity index (χ0v) is 16.1. The van der Waals surface area contributed by atoms with Gasteiger partial charge in [-0.05, 0) is 55.9 Å². The van der Waals surface area contributed by atoms with Gasteiger partial charge in [0.1, 0.15) is 5.82 Å². The number of guanidine groups is 1. The Morgan fingerprint density at radius 2 is 2.14 bits per heavy atom. The Bertz CT molecular complexity index is 478. The summed E-state index contributed by atoms with van der Waals surface area (Å²) in [5, 5.41) is 6.47. The molecule has 1 aliphatic rings. The van der Waals surface area contributed by atoms with Crippen LogP contribution in [0.5, 0.6) is 0 Å². The Hall–Kier alpha value is -0.370. The Morgan fingerprint density at radius 3 is 2.81 bits per heavy atom. The number of hydrogen-bond acceptors (Lipinski definition) is 1. The molecule has 0 atom stereocenters. The van der Waals surface area contributed by atoms with Gasteiger partial charge in [-0.25, -0.2) is 4.39 Å². The molecular formula is C15H22BrFIN3. The van der Waals surface area contributed by atoms with Crippen LogP contribution in [0.3, 0.4) is 0 Å². The molecule has 0 radical (unpaired) electrons. The molecule has 2 N–H and O–H groups in total. The Labute approximate surface area is 151 Å². The molecule has 1 aromatic rings. The number of nitrogens with one attached hydrogen (secondary N) is 2. The van der Waals surface area contributed by atoms with E-state index in [1.165, 1.54) is 18.9 Å². The molecule has 21 heavy (non-hydrogen) atoms. The van der Waals surface area contributed by atoms with Crippen molar-refractivity contribution in [1.82, 2.24) is 10.6 Å². The number of benzene rings is 1. The molecule has 0 unspecified atom stereocenters. The average Bonchev–Trinajstić information content (AvgIpc) is 3.24. The fraction of sp³-hybridized carbons (Fsp3) is 0.533. The van der Waals surface area contributed by atoms with Crippen molar-refractivity contribution in [1.29, 1.82) is 0 Å². The third-order valence-corrected chi connectivity index (χ3v) is 3.74. The van der Waals surface area contributed by atoms with E-state index < -0.39 is 0 Å². The Balaban J connectivity index is 0.00000220. The number of hydrogen-bond donors (Lipinski definition) is 2. The van der Waals surface area contributed by atoms with Crippen LogP contribution in [0.1, 0.15) is 25.3 Å². The number of nitrogens with zero attached hydrogens (tertiary/aromatic N) is 1. The Kier molecular flexibility index (Phi) is 8.55. The SMILES string of the molecule is CCNC(=NCC1CC1)NCCc1cc(Br)ccc1F.I. The molecule has 2 rings (SSSR count). The van der Waals surface area contributed by atoms with Gasteiger partial charge in [-0.1, -0.05) is 15.9 Å². The molecule has 1 saturated carbocycles. The highest BCUT2D eigenvalue weighted by Crippen LogP contribution is 2.28. The van der Waals surface area contributed by atoms with Crippen molar-refractivity contribution in [3.05, 3.63) is 34.1 Å². The van der Waals surface area contributed by atoms with Gasteiger partial charge in [0.2, 0.25) is 0 Å². The van der Waals surface area contributed by atoms with Gasteiger partial charge < -0.3 is 10.6 Å². The van der Waals surface area contributed by atoms with Gasteiger partial charge in [-0.2, -0.15) is 0 Å². The zero-order chi connectivity index (χ0) is 14.4. The lowest BCUT2D eigenvalue weighted by Crippen LogP contribution is -2.38. The van der Waals surface area contributed by atoms with E-state index in [1.54, 1.807) is 6.07 Å². The number of rotatable bonds is 6. The second-order valence-electron chi connectivity index (χ2n) is 5.08. The normalized spacial score (nSPS) is 14.5. The second-order valence-corrected chi connectivity index (χ2v) is 5.99. The maximum absolute atomic E-state index is 13.6. The van der Waals surface area contributed by atoms with E-state index in [2.05, 4.69) is 31.6 Å². The van der Waals surface area contributed by atoms with Crippen molar-refractivity contribution in [3.63, 3.8) is 0 Å². The predicted molar refractivity (Wildman–Crippen MR) is 99.9 cm³/mol. The summed E-state index contributed by atoms with van der Waals surface area (Å²) in [6, 6.07) is 5.03. The fourth-order valence-electron chi connectivity index (χ4n) is 1.91. The van der Waals surface area contributed by atoms with Crippen molar-refractivity contribution in [2.24, 2.45) is 10.9 Å². The van der Waals surface area contributed by atoms with Gasteiger partial charge in [0, 0.05) is 24.1 Å². The molecule has 0 bridgehead atoms. The number of halogens is 3. The smallest absolute Gasteiger partial charge is 0.191 e. The maximum Gasteiger partial charge on any atom is 0.191 e. The van der Waals surface area contributed by atoms with Crippen molar-refractivity contribution >= 4 is 45.9 Å². The summed E-state index contributed by atoms with van der Waals surface area (Å²) >= 11 is 3.37. The van der Waals surface area contributed by atoms with Crippen LogP contribution in [0.2, 0.25) is 0 Å². The van der Waals surface area contributed by atoms with E-state index >= 15 is 0 Å². The quantitative estimate of drug-likeness (QED) is 0.378. The topological polar surface area (TPSA) is 36.4 Å². The van der Waals surface area contributed by atoms with Gasteiger partial charge in [0.15, 0.2) is 5.96 Å². The lowest BCUT2D eigenvalue weighted by molar-refractivity contribution is 0.606. The average molecular weight is 470 g/mol. The van der Waals surface area contributed by atoms with E-state index in [4.69, 9.17) is 0 Å². The van der Waals surface area contributed by atoms with Gasteiger partial charge in [-0.15, -0.1) is 24.0 Å². The van der Waals surface area contributed by atoms with Crippen molar-refractivity contribution in [2.45, 2.75) is 26.2 Å². The summed E-state index contributed by atoms with van der Waals surface area (Å²) in [6.45, 7) is 4.44. The van der Waals surface area contributed by atoms with Crippen LogP contribution in [0.25, 0.3) is 0 Å². The minimum atomic E-state index is -0.157. The molecule has 1 aromatic carbocycles. The van der Waals surface area contributed by atoms with Crippen LogP contribution in [0, 0.1) is 11.7 Å². The summed E-state index contributed by atoms with van der Waals surface area (Å²) in [6.07, 6.45) is 3.23. The minimum Gasteiger partial charge on any atom is -0.357 e. The first kappa shape index (κ1) is 18.7.